The molecule has 0 spiro atoms. The maximum absolute atomic E-state index is 15.0. The minimum Gasteiger partial charge on any atom is -0.343 e. The van der Waals surface area contributed by atoms with Gasteiger partial charge < -0.3 is 69.1 Å². The molecule has 498 valence electrons. The van der Waals surface area contributed by atoms with Crippen LogP contribution in [0.4, 0.5) is 0 Å². The molecule has 3 aliphatic heterocycles. The molecule has 0 saturated carbocycles. The summed E-state index contributed by atoms with van der Waals surface area (Å²) in [6.45, 7) is 18.6. The Kier molecular flexibility index (Phi) is 29.1. The third-order valence-corrected chi connectivity index (χ3v) is 16.6. The first-order chi connectivity index (χ1) is 42.7. The average Bonchev–Trinajstić information content (AvgIpc) is 3.07. The minimum absolute atomic E-state index is 0.00613. The van der Waals surface area contributed by atoms with Crippen molar-refractivity contribution in [2.75, 3.05) is 26.2 Å². The zero-order valence-corrected chi connectivity index (χ0v) is 54.6. The number of benzene rings is 2. The van der Waals surface area contributed by atoms with Crippen molar-refractivity contribution in [2.45, 2.75) is 219 Å². The Hall–Kier alpha value is -7.47. The van der Waals surface area contributed by atoms with Gasteiger partial charge in [0.05, 0.1) is 0 Å². The van der Waals surface area contributed by atoms with Gasteiger partial charge in [0.1, 0.15) is 66.5 Å². The molecule has 0 unspecified atom stereocenters. The lowest BCUT2D eigenvalue weighted by atomic mass is 9.98. The molecule has 3 fully saturated rings. The molecule has 3 heterocycles. The number of hydrogen-bond acceptors (Lipinski definition) is 13. The molecule has 0 aromatic heterocycles. The van der Waals surface area contributed by atoms with Gasteiger partial charge in [-0.1, -0.05) is 130 Å². The van der Waals surface area contributed by atoms with Crippen molar-refractivity contribution in [1.82, 2.24) is 57.7 Å². The fourth-order valence-corrected chi connectivity index (χ4v) is 11.8. The summed E-state index contributed by atoms with van der Waals surface area (Å²) in [4.78, 5) is 164. The summed E-state index contributed by atoms with van der Waals surface area (Å²) in [5, 5.41) is 25.7. The van der Waals surface area contributed by atoms with E-state index in [2.05, 4.69) is 47.9 Å². The predicted molar refractivity (Wildman–Crippen MR) is 342 cm³/mol. The van der Waals surface area contributed by atoms with Crippen LogP contribution in [0.1, 0.15) is 151 Å². The molecule has 0 aliphatic carbocycles. The quantitative estimate of drug-likeness (QED) is 0.102. The second-order valence-electron chi connectivity index (χ2n) is 26.4. The molecule has 0 bridgehead atoms. The molecule has 13 N–H and O–H groups in total. The van der Waals surface area contributed by atoms with E-state index in [0.717, 1.165) is 0 Å². The largest absolute Gasteiger partial charge is 0.343 e. The lowest BCUT2D eigenvalue weighted by Gasteiger charge is -2.32. The van der Waals surface area contributed by atoms with Crippen LogP contribution in [0.15, 0.2) is 60.7 Å². The smallest absolute Gasteiger partial charge is 0.246 e. The van der Waals surface area contributed by atoms with Gasteiger partial charge in [-0.2, -0.15) is 0 Å². The zero-order valence-electron chi connectivity index (χ0n) is 54.6. The van der Waals surface area contributed by atoms with Gasteiger partial charge in [-0.3, -0.25) is 52.7 Å². The third-order valence-electron chi connectivity index (χ3n) is 16.6. The number of hydrogen-bond donors (Lipinski definition) is 11. The topological polar surface area (TPSA) is 355 Å². The van der Waals surface area contributed by atoms with Crippen LogP contribution in [-0.4, -0.2) is 167 Å². The van der Waals surface area contributed by atoms with Gasteiger partial charge in [0.25, 0.3) is 0 Å². The number of amides is 11. The van der Waals surface area contributed by atoms with Crippen LogP contribution in [0.25, 0.3) is 0 Å². The van der Waals surface area contributed by atoms with Crippen LogP contribution in [0.2, 0.25) is 0 Å². The van der Waals surface area contributed by atoms with Gasteiger partial charge in [0.15, 0.2) is 0 Å². The highest BCUT2D eigenvalue weighted by molar-refractivity contribution is 6.00. The number of nitrogens with two attached hydrogens (primary N) is 2. The van der Waals surface area contributed by atoms with Crippen molar-refractivity contribution >= 4 is 65.0 Å². The molecule has 90 heavy (non-hydrogen) atoms. The van der Waals surface area contributed by atoms with Crippen molar-refractivity contribution in [3.05, 3.63) is 71.8 Å². The first-order valence-electron chi connectivity index (χ1n) is 32.5. The summed E-state index contributed by atoms with van der Waals surface area (Å²) in [5.74, 6) is -8.87. The normalized spacial score (nSPS) is 26.5. The van der Waals surface area contributed by atoms with Crippen LogP contribution in [0.5, 0.6) is 0 Å². The third kappa shape index (κ3) is 21.9. The fourth-order valence-electron chi connectivity index (χ4n) is 11.8. The van der Waals surface area contributed by atoms with Crippen molar-refractivity contribution in [1.29, 1.82) is 0 Å². The van der Waals surface area contributed by atoms with E-state index in [-0.39, 0.29) is 115 Å². The maximum Gasteiger partial charge on any atom is 0.246 e. The van der Waals surface area contributed by atoms with E-state index in [1.165, 1.54) is 9.80 Å². The highest BCUT2D eigenvalue weighted by Crippen LogP contribution is 2.24. The molecule has 2 aromatic carbocycles. The molecule has 24 nitrogen and oxygen atoms in total. The number of rotatable bonds is 18. The number of carbonyl (C=O) groups is 11. The van der Waals surface area contributed by atoms with Crippen molar-refractivity contribution in [3.8, 4) is 0 Å². The Bertz CT molecular complexity index is 2750. The van der Waals surface area contributed by atoms with Crippen LogP contribution in [-0.2, 0) is 65.6 Å². The Labute approximate surface area is 531 Å². The van der Waals surface area contributed by atoms with Gasteiger partial charge in [0.2, 0.25) is 65.0 Å². The summed E-state index contributed by atoms with van der Waals surface area (Å²) in [6, 6.07) is 4.78. The van der Waals surface area contributed by atoms with Gasteiger partial charge >= 0.3 is 0 Å². The molecular formula is C66H103N13O11. The van der Waals surface area contributed by atoms with Crippen LogP contribution in [0, 0.1) is 29.6 Å². The monoisotopic (exact) mass is 1250 g/mol. The standard InChI is InChI=1S/C66H103N13O11/c1-38(2)33-47-58(82)74-50(36-43-21-13-11-14-22-43)65(89)78-31-19-27-52(78)61(85)73-49(35-40(5)6)60(84)76-54(41(7)8)63(87)69-45(25-17-29-67)56(80)71-48(34-39(3)4)59(83)75-51(37-44-23-15-12-16-24-44)66(90)79-32-20-28-53(79)62(86)77-55(42(9)10)64(88)70-46(26-18-30-68)57(81)72-47/h11-16,21-24,38-42,45-55H,17-20,25-37,67-68H2,1-10H3,(H,69,87)(H,70,88)(H,71,80)(H,72,81)(H,73,85)(H,74,82)(H,75,83)(H,76,84)(H,77,86)/t45-,46-,47-,48-,49+,50+,51+,52-,53-,54-,55-/m0/s1. The zero-order chi connectivity index (χ0) is 66.4. The van der Waals surface area contributed by atoms with Gasteiger partial charge in [-0.25, -0.2) is 0 Å². The number of fused-ring (bicyclic) bond motifs is 2. The highest BCUT2D eigenvalue weighted by atomic mass is 16.2. The molecule has 3 saturated heterocycles. The SMILES string of the molecule is CC(C)C[C@@H]1NC(=O)[C@H](CCCN)NC(=O)[C@H](C(C)C)NC(=O)[C@@H](CC(C)C)NC(=O)[C@@H]2CCCN2C(=O)[C@@H](Cc2ccccc2)NC(=O)[C@H](CC(C)C)NC(=O)[C@H](CCCN)NC(=O)[C@H](C(C)C)NC(=O)[C@@H]2CCCN2C(=O)[C@@H](Cc2ccccc2)NC1=O. The summed E-state index contributed by atoms with van der Waals surface area (Å²) in [6.07, 6.45) is 2.37. The van der Waals surface area contributed by atoms with E-state index < -0.39 is 143 Å². The number of carbonyl (C=O) groups excluding carboxylic acids is 11. The Morgan fingerprint density at radius 1 is 0.378 bits per heavy atom. The molecule has 3 aliphatic rings. The van der Waals surface area contributed by atoms with E-state index in [1.807, 2.05) is 53.7 Å². The number of nitrogens with zero attached hydrogens (tertiary/aromatic N) is 2. The second-order valence-corrected chi connectivity index (χ2v) is 26.4. The molecule has 5 rings (SSSR count). The van der Waals surface area contributed by atoms with Gasteiger partial charge in [-0.15, -0.1) is 0 Å². The lowest BCUT2D eigenvalue weighted by molar-refractivity contribution is -0.143. The molecular weight excluding hydrogens is 1150 g/mol. The minimum atomic E-state index is -1.25. The maximum atomic E-state index is 15.0. The molecule has 24 heteroatoms. The fraction of sp³-hybridized carbons (Fsp3) is 0.652. The summed E-state index contributed by atoms with van der Waals surface area (Å²) >= 11 is 0. The van der Waals surface area contributed by atoms with Crippen LogP contribution in [0.3, 0.4) is 0 Å². The Balaban J connectivity index is 1.60. The first-order valence-corrected chi connectivity index (χ1v) is 32.5. The predicted octanol–water partition coefficient (Wildman–Crippen LogP) is 1.76. The second kappa shape index (κ2) is 35.8. The van der Waals surface area contributed by atoms with Gasteiger partial charge in [-0.05, 0) is 124 Å². The average molecular weight is 1250 g/mol. The lowest BCUT2D eigenvalue weighted by Crippen LogP contribution is -2.61. The molecule has 0 radical (unpaired) electrons. The molecule has 11 amide bonds. The first kappa shape index (κ1) is 73.3. The van der Waals surface area contributed by atoms with E-state index in [4.69, 9.17) is 11.5 Å². The summed E-state index contributed by atoms with van der Waals surface area (Å²) in [5.41, 5.74) is 13.3. The van der Waals surface area contributed by atoms with E-state index in [1.54, 1.807) is 76.2 Å². The number of nitrogens with one attached hydrogen (secondary N) is 9. The summed E-state index contributed by atoms with van der Waals surface area (Å²) < 4.78 is 0. The van der Waals surface area contributed by atoms with Crippen molar-refractivity contribution in [3.63, 3.8) is 0 Å². The molecule has 2 aromatic rings. The Morgan fingerprint density at radius 3 is 1.00 bits per heavy atom. The van der Waals surface area contributed by atoms with Crippen LogP contribution < -0.4 is 59.3 Å². The summed E-state index contributed by atoms with van der Waals surface area (Å²) in [7, 11) is 0. The van der Waals surface area contributed by atoms with E-state index in [0.29, 0.717) is 24.0 Å². The van der Waals surface area contributed by atoms with Crippen molar-refractivity contribution in [2.24, 2.45) is 41.1 Å². The highest BCUT2D eigenvalue weighted by Gasteiger charge is 2.43. The van der Waals surface area contributed by atoms with Gasteiger partial charge in [0, 0.05) is 25.9 Å². The van der Waals surface area contributed by atoms with Crippen LogP contribution >= 0.6 is 0 Å². The molecule has 11 atom stereocenters. The van der Waals surface area contributed by atoms with Crippen molar-refractivity contribution < 1.29 is 52.7 Å². The van der Waals surface area contributed by atoms with E-state index in [9.17, 15) is 43.2 Å². The van der Waals surface area contributed by atoms with E-state index >= 15 is 9.59 Å². The Morgan fingerprint density at radius 2 is 0.667 bits per heavy atom.